The summed E-state index contributed by atoms with van der Waals surface area (Å²) in [5.41, 5.74) is 2.34. The smallest absolute Gasteiger partial charge is 0.191 e. The molecule has 2 N–H and O–H groups in total. The van der Waals surface area contributed by atoms with Crippen molar-refractivity contribution in [2.45, 2.75) is 25.8 Å². The van der Waals surface area contributed by atoms with Gasteiger partial charge >= 0.3 is 0 Å². The fraction of sp³-hybridized carbons (Fsp3) is 0.421. The highest BCUT2D eigenvalue weighted by Crippen LogP contribution is 2.18. The Balaban J connectivity index is 0.00000261. The molecule has 146 valence electrons. The molecule has 2 aromatic heterocycles. The van der Waals surface area contributed by atoms with Gasteiger partial charge in [0.1, 0.15) is 11.0 Å². The summed E-state index contributed by atoms with van der Waals surface area (Å²) in [6.45, 7) is 3.70. The molecule has 0 atom stereocenters. The number of rotatable bonds is 6. The lowest BCUT2D eigenvalue weighted by molar-refractivity contribution is 0.791. The number of aliphatic imine (C=N–C) groups is 1. The van der Waals surface area contributed by atoms with Crippen LogP contribution in [0.25, 0.3) is 0 Å². The average Bonchev–Trinajstić information content (AvgIpc) is 3.21. The maximum atomic E-state index is 5.81. The predicted molar refractivity (Wildman–Crippen MR) is 122 cm³/mol. The molecule has 1 aliphatic rings. The number of halogens is 2. The van der Waals surface area contributed by atoms with Gasteiger partial charge in [-0.05, 0) is 48.6 Å². The molecular weight excluding hydrogens is 475 g/mol. The number of aromatic nitrogens is 2. The highest BCUT2D eigenvalue weighted by Gasteiger charge is 2.13. The van der Waals surface area contributed by atoms with Gasteiger partial charge in [0.05, 0.1) is 0 Å². The number of guanidine groups is 1. The third kappa shape index (κ3) is 6.80. The Morgan fingerprint density at radius 1 is 1.15 bits per heavy atom. The van der Waals surface area contributed by atoms with Crippen molar-refractivity contribution in [3.05, 3.63) is 52.9 Å². The lowest BCUT2D eigenvalue weighted by Gasteiger charge is -2.17. The number of nitrogens with one attached hydrogen (secondary N) is 2. The summed E-state index contributed by atoms with van der Waals surface area (Å²) in [6.07, 6.45) is 7.05. The fourth-order valence-corrected chi connectivity index (χ4v) is 3.09. The van der Waals surface area contributed by atoms with Crippen molar-refractivity contribution in [1.82, 2.24) is 20.6 Å². The van der Waals surface area contributed by atoms with Gasteiger partial charge in [0, 0.05) is 45.6 Å². The molecule has 0 bridgehead atoms. The lowest BCUT2D eigenvalue weighted by Crippen LogP contribution is -2.37. The van der Waals surface area contributed by atoms with Gasteiger partial charge in [0.2, 0.25) is 0 Å². The number of nitrogens with zero attached hydrogens (tertiary/aromatic N) is 4. The van der Waals surface area contributed by atoms with Gasteiger partial charge in [0.25, 0.3) is 0 Å². The molecule has 0 radical (unpaired) electrons. The van der Waals surface area contributed by atoms with E-state index in [0.717, 1.165) is 43.4 Å². The van der Waals surface area contributed by atoms with E-state index in [-0.39, 0.29) is 24.0 Å². The Bertz CT molecular complexity index is 731. The molecule has 27 heavy (non-hydrogen) atoms. The summed E-state index contributed by atoms with van der Waals surface area (Å²) in [6, 6.07) is 8.00. The van der Waals surface area contributed by atoms with Crippen LogP contribution < -0.4 is 15.5 Å². The molecular formula is C19H26ClIN6. The molecule has 0 amide bonds. The standard InChI is InChI=1S/C19H25ClN6.HI/c1-21-19(23-9-6-15-4-5-17(20)24-13-15)25-14-16-7-8-22-18(12-16)26-10-2-3-11-26;/h4-5,7-8,12-13H,2-3,6,9-11,14H2,1H3,(H2,21,23,25);1H. The minimum Gasteiger partial charge on any atom is -0.357 e. The molecule has 3 rings (SSSR count). The summed E-state index contributed by atoms with van der Waals surface area (Å²) in [7, 11) is 1.78. The zero-order valence-electron chi connectivity index (χ0n) is 15.5. The van der Waals surface area contributed by atoms with Crippen molar-refractivity contribution in [2.75, 3.05) is 31.6 Å². The van der Waals surface area contributed by atoms with E-state index in [9.17, 15) is 0 Å². The SMILES string of the molecule is CN=C(NCCc1ccc(Cl)nc1)NCc1ccnc(N2CCCC2)c1.I. The summed E-state index contributed by atoms with van der Waals surface area (Å²) >= 11 is 5.81. The van der Waals surface area contributed by atoms with Gasteiger partial charge in [-0.3, -0.25) is 4.99 Å². The molecule has 8 heteroatoms. The van der Waals surface area contributed by atoms with Crippen LogP contribution in [0.2, 0.25) is 5.15 Å². The molecule has 3 heterocycles. The molecule has 0 saturated carbocycles. The van der Waals surface area contributed by atoms with Crippen molar-refractivity contribution in [3.63, 3.8) is 0 Å². The number of hydrogen-bond donors (Lipinski definition) is 2. The highest BCUT2D eigenvalue weighted by atomic mass is 127. The minimum absolute atomic E-state index is 0. The van der Waals surface area contributed by atoms with Crippen LogP contribution in [-0.4, -0.2) is 42.6 Å². The van der Waals surface area contributed by atoms with E-state index in [1.807, 2.05) is 24.4 Å². The van der Waals surface area contributed by atoms with Crippen LogP contribution in [-0.2, 0) is 13.0 Å². The summed E-state index contributed by atoms with van der Waals surface area (Å²) in [5, 5.41) is 7.20. The quantitative estimate of drug-likeness (QED) is 0.276. The van der Waals surface area contributed by atoms with Crippen LogP contribution in [0.4, 0.5) is 5.82 Å². The summed E-state index contributed by atoms with van der Waals surface area (Å²) in [4.78, 5) is 15.2. The van der Waals surface area contributed by atoms with Crippen molar-refractivity contribution in [3.8, 4) is 0 Å². The molecule has 1 aliphatic heterocycles. The third-order valence-corrected chi connectivity index (χ3v) is 4.64. The second-order valence-corrected chi connectivity index (χ2v) is 6.70. The Morgan fingerprint density at radius 3 is 2.67 bits per heavy atom. The van der Waals surface area contributed by atoms with Crippen molar-refractivity contribution in [1.29, 1.82) is 0 Å². The molecule has 2 aromatic rings. The van der Waals surface area contributed by atoms with Gasteiger partial charge < -0.3 is 15.5 Å². The van der Waals surface area contributed by atoms with Gasteiger partial charge in [0.15, 0.2) is 5.96 Å². The number of pyridine rings is 2. The first-order chi connectivity index (χ1) is 12.7. The van der Waals surface area contributed by atoms with E-state index < -0.39 is 0 Å². The first-order valence-electron chi connectivity index (χ1n) is 8.99. The summed E-state index contributed by atoms with van der Waals surface area (Å²) < 4.78 is 0. The molecule has 6 nitrogen and oxygen atoms in total. The van der Waals surface area contributed by atoms with Crippen LogP contribution in [0.3, 0.4) is 0 Å². The zero-order chi connectivity index (χ0) is 18.2. The van der Waals surface area contributed by atoms with E-state index in [0.29, 0.717) is 11.7 Å². The third-order valence-electron chi connectivity index (χ3n) is 4.42. The van der Waals surface area contributed by atoms with E-state index in [4.69, 9.17) is 11.6 Å². The highest BCUT2D eigenvalue weighted by molar-refractivity contribution is 14.0. The average molecular weight is 501 g/mol. The van der Waals surface area contributed by atoms with Crippen molar-refractivity contribution < 1.29 is 0 Å². The van der Waals surface area contributed by atoms with Crippen molar-refractivity contribution in [2.24, 2.45) is 4.99 Å². The number of hydrogen-bond acceptors (Lipinski definition) is 4. The summed E-state index contributed by atoms with van der Waals surface area (Å²) in [5.74, 6) is 1.85. The molecule has 1 saturated heterocycles. The second-order valence-electron chi connectivity index (χ2n) is 6.31. The molecule has 0 unspecified atom stereocenters. The van der Waals surface area contributed by atoms with E-state index >= 15 is 0 Å². The number of anilines is 1. The van der Waals surface area contributed by atoms with Gasteiger partial charge in [-0.1, -0.05) is 17.7 Å². The largest absolute Gasteiger partial charge is 0.357 e. The van der Waals surface area contributed by atoms with Crippen LogP contribution in [0.15, 0.2) is 41.7 Å². The Hall–Kier alpha value is -1.61. The molecule has 0 aromatic carbocycles. The minimum atomic E-state index is 0. The molecule has 0 aliphatic carbocycles. The molecule has 1 fully saturated rings. The first-order valence-corrected chi connectivity index (χ1v) is 9.37. The van der Waals surface area contributed by atoms with E-state index in [1.54, 1.807) is 13.2 Å². The van der Waals surface area contributed by atoms with Crippen molar-refractivity contribution >= 4 is 47.4 Å². The Labute approximate surface area is 182 Å². The molecule has 0 spiro atoms. The Kier molecular flexibility index (Phi) is 9.06. The lowest BCUT2D eigenvalue weighted by atomic mass is 10.2. The van der Waals surface area contributed by atoms with Gasteiger partial charge in [-0.25, -0.2) is 9.97 Å². The van der Waals surface area contributed by atoms with E-state index in [2.05, 4.69) is 36.6 Å². The van der Waals surface area contributed by atoms with Gasteiger partial charge in [-0.2, -0.15) is 0 Å². The fourth-order valence-electron chi connectivity index (χ4n) is 2.98. The second kappa shape index (κ2) is 11.3. The maximum Gasteiger partial charge on any atom is 0.191 e. The van der Waals surface area contributed by atoms with Gasteiger partial charge in [-0.15, -0.1) is 24.0 Å². The monoisotopic (exact) mass is 500 g/mol. The van der Waals surface area contributed by atoms with Crippen LogP contribution in [0, 0.1) is 0 Å². The van der Waals surface area contributed by atoms with Crippen LogP contribution in [0.1, 0.15) is 24.0 Å². The topological polar surface area (TPSA) is 65.4 Å². The van der Waals surface area contributed by atoms with Crippen LogP contribution in [0.5, 0.6) is 0 Å². The normalized spacial score (nSPS) is 14.0. The predicted octanol–water partition coefficient (Wildman–Crippen LogP) is 3.26. The van der Waals surface area contributed by atoms with E-state index in [1.165, 1.54) is 18.4 Å². The first kappa shape index (κ1) is 21.7. The maximum absolute atomic E-state index is 5.81. The zero-order valence-corrected chi connectivity index (χ0v) is 18.6. The Morgan fingerprint density at radius 2 is 1.96 bits per heavy atom. The van der Waals surface area contributed by atoms with Crippen LogP contribution >= 0.6 is 35.6 Å².